The maximum atomic E-state index is 12.4. The number of hydrogen-bond acceptors (Lipinski definition) is 2. The van der Waals surface area contributed by atoms with Gasteiger partial charge in [0.15, 0.2) is 0 Å². The van der Waals surface area contributed by atoms with Gasteiger partial charge in [0.25, 0.3) is 0 Å². The molecule has 5 nitrogen and oxygen atoms in total. The van der Waals surface area contributed by atoms with Crippen LogP contribution in [0.15, 0.2) is 18.2 Å². The zero-order chi connectivity index (χ0) is 15.5. The number of benzene rings is 1. The van der Waals surface area contributed by atoms with Gasteiger partial charge in [-0.15, -0.1) is 0 Å². The van der Waals surface area contributed by atoms with Crippen LogP contribution in [0.25, 0.3) is 0 Å². The number of rotatable bonds is 2. The molecule has 1 aromatic carbocycles. The van der Waals surface area contributed by atoms with Crippen molar-refractivity contribution in [1.29, 1.82) is 0 Å². The fourth-order valence-corrected chi connectivity index (χ4v) is 3.44. The van der Waals surface area contributed by atoms with Crippen LogP contribution in [0.2, 0.25) is 0 Å². The van der Waals surface area contributed by atoms with Gasteiger partial charge in [-0.05, 0) is 49.3 Å². The molecule has 3 amide bonds. The zero-order valence-corrected chi connectivity index (χ0v) is 13.0. The molecule has 0 bridgehead atoms. The van der Waals surface area contributed by atoms with Crippen molar-refractivity contribution in [3.8, 4) is 0 Å². The molecule has 2 N–H and O–H groups in total. The van der Waals surface area contributed by atoms with Crippen LogP contribution in [0.5, 0.6) is 0 Å². The first kappa shape index (κ1) is 14.9. The fourth-order valence-electron chi connectivity index (χ4n) is 3.44. The summed E-state index contributed by atoms with van der Waals surface area (Å²) in [6.07, 6.45) is 5.39. The van der Waals surface area contributed by atoms with E-state index < -0.39 is 0 Å². The topological polar surface area (TPSA) is 61.4 Å². The average molecular weight is 301 g/mol. The number of hydrogen-bond donors (Lipinski definition) is 2. The highest BCUT2D eigenvalue weighted by Crippen LogP contribution is 2.28. The number of carbonyl (C=O) groups excluding carboxylic acids is 2. The van der Waals surface area contributed by atoms with E-state index >= 15 is 0 Å². The first-order valence-electron chi connectivity index (χ1n) is 8.07. The minimum atomic E-state index is -0.0631. The summed E-state index contributed by atoms with van der Waals surface area (Å²) in [7, 11) is 0. The van der Waals surface area contributed by atoms with E-state index in [0.717, 1.165) is 24.9 Å². The van der Waals surface area contributed by atoms with Crippen LogP contribution in [-0.4, -0.2) is 36.0 Å². The third kappa shape index (κ3) is 3.24. The molecular weight excluding hydrogens is 278 g/mol. The van der Waals surface area contributed by atoms with Gasteiger partial charge in [-0.3, -0.25) is 4.79 Å². The highest BCUT2D eigenvalue weighted by atomic mass is 16.2. The number of fused-ring (bicyclic) bond motifs is 1. The van der Waals surface area contributed by atoms with Crippen molar-refractivity contribution in [2.45, 2.75) is 45.1 Å². The first-order chi connectivity index (χ1) is 10.6. The van der Waals surface area contributed by atoms with E-state index in [4.69, 9.17) is 0 Å². The Hall–Kier alpha value is -2.04. The van der Waals surface area contributed by atoms with Crippen molar-refractivity contribution in [3.05, 3.63) is 29.3 Å². The Bertz CT molecular complexity index is 585. The lowest BCUT2D eigenvalue weighted by molar-refractivity contribution is -0.119. The Morgan fingerprint density at radius 1 is 1.23 bits per heavy atom. The minimum Gasteiger partial charge on any atom is -0.352 e. The SMILES string of the molecule is CC(=O)N[C@@H]1CCN(C(=O)Nc2cccc3c2CCCC3)C1. The van der Waals surface area contributed by atoms with E-state index in [1.165, 1.54) is 30.9 Å². The van der Waals surface area contributed by atoms with Gasteiger partial charge in [0, 0.05) is 31.7 Å². The molecule has 5 heteroatoms. The maximum Gasteiger partial charge on any atom is 0.321 e. The molecule has 0 aromatic heterocycles. The highest BCUT2D eigenvalue weighted by Gasteiger charge is 2.27. The minimum absolute atomic E-state index is 0.0376. The molecule has 3 rings (SSSR count). The standard InChI is InChI=1S/C17H23N3O2/c1-12(21)18-14-9-10-20(11-14)17(22)19-16-8-4-6-13-5-2-3-7-15(13)16/h4,6,8,14H,2-3,5,7,9-11H2,1H3,(H,18,21)(H,19,22)/t14-/m1/s1. The van der Waals surface area contributed by atoms with Gasteiger partial charge in [0.1, 0.15) is 0 Å². The molecule has 1 fully saturated rings. The van der Waals surface area contributed by atoms with Crippen molar-refractivity contribution >= 4 is 17.6 Å². The van der Waals surface area contributed by atoms with Gasteiger partial charge in [-0.2, -0.15) is 0 Å². The van der Waals surface area contributed by atoms with E-state index in [2.05, 4.69) is 16.7 Å². The van der Waals surface area contributed by atoms with Crippen LogP contribution in [-0.2, 0) is 17.6 Å². The molecule has 0 unspecified atom stereocenters. The Kier molecular flexibility index (Phi) is 4.32. The third-order valence-corrected chi connectivity index (χ3v) is 4.52. The summed E-state index contributed by atoms with van der Waals surface area (Å²) < 4.78 is 0. The largest absolute Gasteiger partial charge is 0.352 e. The molecule has 1 aliphatic heterocycles. The predicted molar refractivity (Wildman–Crippen MR) is 85.9 cm³/mol. The quantitative estimate of drug-likeness (QED) is 0.880. The number of nitrogens with one attached hydrogen (secondary N) is 2. The average Bonchev–Trinajstić information content (AvgIpc) is 2.95. The zero-order valence-electron chi connectivity index (χ0n) is 13.0. The molecule has 1 aromatic rings. The Balaban J connectivity index is 1.64. The fraction of sp³-hybridized carbons (Fsp3) is 0.529. The molecule has 0 radical (unpaired) electrons. The van der Waals surface area contributed by atoms with Crippen LogP contribution >= 0.6 is 0 Å². The number of likely N-dealkylation sites (tertiary alicyclic amines) is 1. The van der Waals surface area contributed by atoms with Crippen LogP contribution in [0.4, 0.5) is 10.5 Å². The molecular formula is C17H23N3O2. The molecule has 22 heavy (non-hydrogen) atoms. The molecule has 0 spiro atoms. The van der Waals surface area contributed by atoms with Crippen LogP contribution in [0.3, 0.4) is 0 Å². The summed E-state index contributed by atoms with van der Waals surface area (Å²) in [5.74, 6) is -0.0376. The monoisotopic (exact) mass is 301 g/mol. The van der Waals surface area contributed by atoms with E-state index in [0.29, 0.717) is 13.1 Å². The van der Waals surface area contributed by atoms with Crippen molar-refractivity contribution in [3.63, 3.8) is 0 Å². The second kappa shape index (κ2) is 6.38. The van der Waals surface area contributed by atoms with E-state index in [1.807, 2.05) is 12.1 Å². The first-order valence-corrected chi connectivity index (χ1v) is 8.07. The molecule has 2 aliphatic rings. The van der Waals surface area contributed by atoms with Gasteiger partial charge in [-0.1, -0.05) is 12.1 Å². The van der Waals surface area contributed by atoms with Crippen LogP contribution in [0.1, 0.15) is 37.3 Å². The van der Waals surface area contributed by atoms with E-state index in [-0.39, 0.29) is 18.0 Å². The second-order valence-corrected chi connectivity index (χ2v) is 6.21. The lowest BCUT2D eigenvalue weighted by Gasteiger charge is -2.22. The Morgan fingerprint density at radius 2 is 2.05 bits per heavy atom. The number of amides is 3. The summed E-state index contributed by atoms with van der Waals surface area (Å²) in [6, 6.07) is 6.18. The number of urea groups is 1. The lowest BCUT2D eigenvalue weighted by atomic mass is 9.90. The molecule has 1 heterocycles. The van der Waals surface area contributed by atoms with E-state index in [1.54, 1.807) is 4.90 Å². The van der Waals surface area contributed by atoms with E-state index in [9.17, 15) is 9.59 Å². The summed E-state index contributed by atoms with van der Waals surface area (Å²) >= 11 is 0. The molecule has 1 saturated heterocycles. The Labute approximate surface area is 131 Å². The second-order valence-electron chi connectivity index (χ2n) is 6.21. The summed E-state index contributed by atoms with van der Waals surface area (Å²) in [4.78, 5) is 25.3. The number of carbonyl (C=O) groups is 2. The maximum absolute atomic E-state index is 12.4. The highest BCUT2D eigenvalue weighted by molar-refractivity contribution is 5.90. The summed E-state index contributed by atoms with van der Waals surface area (Å²) in [6.45, 7) is 2.78. The van der Waals surface area contributed by atoms with Gasteiger partial charge in [0.2, 0.25) is 5.91 Å². The number of nitrogens with zero attached hydrogens (tertiary/aromatic N) is 1. The molecule has 1 atom stereocenters. The normalized spacial score (nSPS) is 20.4. The summed E-state index contributed by atoms with van der Waals surface area (Å²) in [5.41, 5.74) is 3.60. The van der Waals surface area contributed by atoms with Crippen LogP contribution in [0, 0.1) is 0 Å². The molecule has 1 aliphatic carbocycles. The van der Waals surface area contributed by atoms with Crippen molar-refractivity contribution in [1.82, 2.24) is 10.2 Å². The lowest BCUT2D eigenvalue weighted by Crippen LogP contribution is -2.39. The molecule has 118 valence electrons. The molecule has 0 saturated carbocycles. The number of anilines is 1. The third-order valence-electron chi connectivity index (χ3n) is 4.52. The summed E-state index contributed by atoms with van der Waals surface area (Å²) in [5, 5.41) is 5.94. The van der Waals surface area contributed by atoms with Crippen LogP contribution < -0.4 is 10.6 Å². The predicted octanol–water partition coefficient (Wildman–Crippen LogP) is 2.31. The van der Waals surface area contributed by atoms with Gasteiger partial charge >= 0.3 is 6.03 Å². The Morgan fingerprint density at radius 3 is 2.86 bits per heavy atom. The number of aryl methyl sites for hydroxylation is 1. The van der Waals surface area contributed by atoms with Crippen molar-refractivity contribution in [2.24, 2.45) is 0 Å². The van der Waals surface area contributed by atoms with Gasteiger partial charge < -0.3 is 15.5 Å². The smallest absolute Gasteiger partial charge is 0.321 e. The van der Waals surface area contributed by atoms with Gasteiger partial charge in [-0.25, -0.2) is 4.79 Å². The van der Waals surface area contributed by atoms with Gasteiger partial charge in [0.05, 0.1) is 0 Å². The van der Waals surface area contributed by atoms with Crippen molar-refractivity contribution in [2.75, 3.05) is 18.4 Å². The van der Waals surface area contributed by atoms with Crippen molar-refractivity contribution < 1.29 is 9.59 Å².